The normalized spacial score (nSPS) is 33.2. The molecule has 84 valence electrons. The predicted molar refractivity (Wildman–Crippen MR) is 61.0 cm³/mol. The molecule has 1 aliphatic carbocycles. The van der Waals surface area contributed by atoms with Crippen molar-refractivity contribution in [2.75, 3.05) is 26.1 Å². The van der Waals surface area contributed by atoms with Crippen LogP contribution >= 0.6 is 11.6 Å². The zero-order valence-corrected chi connectivity index (χ0v) is 10.1. The molecule has 3 heteroatoms. The minimum atomic E-state index is 0.178. The fourth-order valence-electron chi connectivity index (χ4n) is 2.41. The van der Waals surface area contributed by atoms with Crippen molar-refractivity contribution in [1.82, 2.24) is 5.32 Å². The van der Waals surface area contributed by atoms with Gasteiger partial charge in [0.2, 0.25) is 0 Å². The van der Waals surface area contributed by atoms with Crippen LogP contribution in [-0.4, -0.2) is 31.7 Å². The molecule has 2 nitrogen and oxygen atoms in total. The van der Waals surface area contributed by atoms with Crippen molar-refractivity contribution in [1.29, 1.82) is 0 Å². The molecule has 1 rings (SSSR count). The number of ether oxygens (including phenoxy) is 1. The second-order valence-electron chi connectivity index (χ2n) is 4.54. The van der Waals surface area contributed by atoms with E-state index in [9.17, 15) is 0 Å². The smallest absolute Gasteiger partial charge is 0.0587 e. The summed E-state index contributed by atoms with van der Waals surface area (Å²) in [6.45, 7) is 4.00. The van der Waals surface area contributed by atoms with Crippen LogP contribution in [-0.2, 0) is 4.74 Å². The van der Waals surface area contributed by atoms with Crippen LogP contribution in [0.5, 0.6) is 0 Å². The zero-order chi connectivity index (χ0) is 10.4. The average molecular weight is 220 g/mol. The van der Waals surface area contributed by atoms with Gasteiger partial charge in [-0.2, -0.15) is 0 Å². The highest BCUT2D eigenvalue weighted by atomic mass is 35.5. The van der Waals surface area contributed by atoms with E-state index in [2.05, 4.69) is 12.2 Å². The van der Waals surface area contributed by atoms with E-state index in [0.29, 0.717) is 0 Å². The summed E-state index contributed by atoms with van der Waals surface area (Å²) in [5.74, 6) is 1.53. The lowest BCUT2D eigenvalue weighted by Crippen LogP contribution is -2.51. The molecule has 0 radical (unpaired) electrons. The van der Waals surface area contributed by atoms with Gasteiger partial charge >= 0.3 is 0 Å². The Kier molecular flexibility index (Phi) is 5.21. The van der Waals surface area contributed by atoms with Crippen molar-refractivity contribution in [3.05, 3.63) is 0 Å². The number of hydrogen-bond acceptors (Lipinski definition) is 2. The number of nitrogens with one attached hydrogen (secondary N) is 1. The van der Waals surface area contributed by atoms with E-state index in [1.54, 1.807) is 7.11 Å². The Labute approximate surface area is 92.3 Å². The molecule has 0 aliphatic heterocycles. The van der Waals surface area contributed by atoms with Crippen LogP contribution < -0.4 is 5.32 Å². The summed E-state index contributed by atoms with van der Waals surface area (Å²) in [4.78, 5) is 0. The topological polar surface area (TPSA) is 21.3 Å². The summed E-state index contributed by atoms with van der Waals surface area (Å²) >= 11 is 6.08. The standard InChI is InChI=1S/C11H22ClNO/c1-10-4-3-5-11(8-10,9-12)13-6-7-14-2/h10,13H,3-9H2,1-2H3. The Bertz CT molecular complexity index is 165. The van der Waals surface area contributed by atoms with Gasteiger partial charge in [0.05, 0.1) is 6.61 Å². The van der Waals surface area contributed by atoms with Gasteiger partial charge in [0.15, 0.2) is 0 Å². The van der Waals surface area contributed by atoms with Gasteiger partial charge in [-0.1, -0.05) is 19.8 Å². The molecule has 0 aromatic carbocycles. The fraction of sp³-hybridized carbons (Fsp3) is 1.00. The SMILES string of the molecule is COCCNC1(CCl)CCCC(C)C1. The van der Waals surface area contributed by atoms with E-state index in [1.165, 1.54) is 25.7 Å². The lowest BCUT2D eigenvalue weighted by Gasteiger charge is -2.39. The van der Waals surface area contributed by atoms with Gasteiger partial charge in [0.1, 0.15) is 0 Å². The van der Waals surface area contributed by atoms with Gasteiger partial charge in [-0.15, -0.1) is 11.6 Å². The molecule has 1 fully saturated rings. The number of alkyl halides is 1. The first-order chi connectivity index (χ1) is 6.72. The van der Waals surface area contributed by atoms with Crippen molar-refractivity contribution in [2.45, 2.75) is 38.1 Å². The maximum atomic E-state index is 6.08. The van der Waals surface area contributed by atoms with Crippen LogP contribution in [0.4, 0.5) is 0 Å². The Morgan fingerprint density at radius 3 is 2.93 bits per heavy atom. The van der Waals surface area contributed by atoms with Crippen LogP contribution in [0.15, 0.2) is 0 Å². The van der Waals surface area contributed by atoms with Crippen LogP contribution in [0.2, 0.25) is 0 Å². The third-order valence-electron chi connectivity index (χ3n) is 3.15. The second-order valence-corrected chi connectivity index (χ2v) is 4.80. The van der Waals surface area contributed by atoms with Crippen LogP contribution in [0, 0.1) is 5.92 Å². The van der Waals surface area contributed by atoms with Gasteiger partial charge in [-0.3, -0.25) is 0 Å². The van der Waals surface area contributed by atoms with E-state index in [1.807, 2.05) is 0 Å². The summed E-state index contributed by atoms with van der Waals surface area (Å²) < 4.78 is 5.04. The first-order valence-electron chi connectivity index (χ1n) is 5.52. The quantitative estimate of drug-likeness (QED) is 0.567. The van der Waals surface area contributed by atoms with Crippen molar-refractivity contribution < 1.29 is 4.74 Å². The molecule has 2 unspecified atom stereocenters. The van der Waals surface area contributed by atoms with Crippen molar-refractivity contribution in [3.8, 4) is 0 Å². The minimum Gasteiger partial charge on any atom is -0.383 e. The lowest BCUT2D eigenvalue weighted by molar-refractivity contribution is 0.162. The Hall–Kier alpha value is 0.210. The Morgan fingerprint density at radius 2 is 2.36 bits per heavy atom. The number of rotatable bonds is 5. The molecular weight excluding hydrogens is 198 g/mol. The third kappa shape index (κ3) is 3.41. The van der Waals surface area contributed by atoms with E-state index in [4.69, 9.17) is 16.3 Å². The van der Waals surface area contributed by atoms with Crippen LogP contribution in [0.3, 0.4) is 0 Å². The van der Waals surface area contributed by atoms with Crippen molar-refractivity contribution >= 4 is 11.6 Å². The zero-order valence-electron chi connectivity index (χ0n) is 9.31. The van der Waals surface area contributed by atoms with Gasteiger partial charge in [-0.05, 0) is 18.8 Å². The molecule has 1 aliphatic rings. The van der Waals surface area contributed by atoms with E-state index in [0.717, 1.165) is 24.9 Å². The summed E-state index contributed by atoms with van der Waals surface area (Å²) in [7, 11) is 1.73. The van der Waals surface area contributed by atoms with Crippen LogP contribution in [0.1, 0.15) is 32.6 Å². The van der Waals surface area contributed by atoms with Gasteiger partial charge in [0, 0.05) is 25.1 Å². The summed E-state index contributed by atoms with van der Waals surface area (Å²) in [5.41, 5.74) is 0.178. The first-order valence-corrected chi connectivity index (χ1v) is 6.06. The van der Waals surface area contributed by atoms with Gasteiger partial charge in [0.25, 0.3) is 0 Å². The molecule has 0 saturated heterocycles. The molecule has 14 heavy (non-hydrogen) atoms. The maximum Gasteiger partial charge on any atom is 0.0587 e. The molecule has 0 spiro atoms. The molecule has 0 bridgehead atoms. The Morgan fingerprint density at radius 1 is 1.57 bits per heavy atom. The highest BCUT2D eigenvalue weighted by molar-refractivity contribution is 6.18. The largest absolute Gasteiger partial charge is 0.383 e. The first kappa shape index (κ1) is 12.3. The van der Waals surface area contributed by atoms with Gasteiger partial charge in [-0.25, -0.2) is 0 Å². The molecule has 2 atom stereocenters. The van der Waals surface area contributed by atoms with Crippen molar-refractivity contribution in [3.63, 3.8) is 0 Å². The molecule has 1 N–H and O–H groups in total. The van der Waals surface area contributed by atoms with E-state index >= 15 is 0 Å². The highest BCUT2D eigenvalue weighted by Crippen LogP contribution is 2.32. The molecule has 0 heterocycles. The molecular formula is C11H22ClNO. The summed E-state index contributed by atoms with van der Waals surface area (Å²) in [5, 5.41) is 3.56. The maximum absolute atomic E-state index is 6.08. The lowest BCUT2D eigenvalue weighted by atomic mass is 9.77. The van der Waals surface area contributed by atoms with Gasteiger partial charge < -0.3 is 10.1 Å². The van der Waals surface area contributed by atoms with E-state index in [-0.39, 0.29) is 5.54 Å². The molecule has 1 saturated carbocycles. The minimum absolute atomic E-state index is 0.178. The van der Waals surface area contributed by atoms with E-state index < -0.39 is 0 Å². The fourth-order valence-corrected chi connectivity index (χ4v) is 2.74. The molecule has 0 aromatic rings. The second kappa shape index (κ2) is 5.94. The predicted octanol–water partition coefficient (Wildman–Crippen LogP) is 2.41. The monoisotopic (exact) mass is 219 g/mol. The number of halogens is 1. The summed E-state index contributed by atoms with van der Waals surface area (Å²) in [6.07, 6.45) is 5.07. The molecule has 0 aromatic heterocycles. The summed E-state index contributed by atoms with van der Waals surface area (Å²) in [6, 6.07) is 0. The highest BCUT2D eigenvalue weighted by Gasteiger charge is 2.33. The van der Waals surface area contributed by atoms with Crippen LogP contribution in [0.25, 0.3) is 0 Å². The molecule has 0 amide bonds. The van der Waals surface area contributed by atoms with Crippen molar-refractivity contribution in [2.24, 2.45) is 5.92 Å². The number of methoxy groups -OCH3 is 1. The number of hydrogen-bond donors (Lipinski definition) is 1. The average Bonchev–Trinajstić information content (AvgIpc) is 2.18. The Balaban J connectivity index is 2.39. The third-order valence-corrected chi connectivity index (χ3v) is 3.67.